The third-order valence-corrected chi connectivity index (χ3v) is 6.66. The average Bonchev–Trinajstić information content (AvgIpc) is 3.46. The van der Waals surface area contributed by atoms with E-state index >= 15 is 0 Å². The second-order valence-corrected chi connectivity index (χ2v) is 8.56. The molecule has 1 saturated heterocycles. The van der Waals surface area contributed by atoms with Crippen LogP contribution in [0.1, 0.15) is 38.9 Å². The topological polar surface area (TPSA) is 80.0 Å². The van der Waals surface area contributed by atoms with E-state index in [1.165, 1.54) is 22.5 Å². The van der Waals surface area contributed by atoms with Crippen molar-refractivity contribution in [3.8, 4) is 5.75 Å². The summed E-state index contributed by atoms with van der Waals surface area (Å²) in [5.74, 6) is -0.273. The van der Waals surface area contributed by atoms with Crippen LogP contribution in [0, 0.1) is 20.8 Å². The molecule has 4 rings (SSSR count). The Morgan fingerprint density at radius 1 is 1.16 bits per heavy atom. The number of carbonyl (C=O) groups is 2. The third-order valence-electron chi connectivity index (χ3n) is 5.59. The second kappa shape index (κ2) is 8.07. The molecular weight excluding hydrogens is 414 g/mol. The van der Waals surface area contributed by atoms with E-state index in [0.29, 0.717) is 17.1 Å². The Morgan fingerprint density at radius 3 is 2.55 bits per heavy atom. The minimum Gasteiger partial charge on any atom is -0.507 e. The van der Waals surface area contributed by atoms with Gasteiger partial charge in [-0.1, -0.05) is 0 Å². The van der Waals surface area contributed by atoms with Crippen LogP contribution in [0.4, 0.5) is 0 Å². The molecule has 0 saturated carbocycles. The Labute approximate surface area is 184 Å². The van der Waals surface area contributed by atoms with Crippen LogP contribution in [-0.2, 0) is 16.1 Å². The number of amides is 1. The fraction of sp³-hybridized carbons (Fsp3) is 0.250. The van der Waals surface area contributed by atoms with Crippen molar-refractivity contribution >= 4 is 28.8 Å². The summed E-state index contributed by atoms with van der Waals surface area (Å²) in [6, 6.07) is 8.34. The number of hydrogen-bond donors (Lipinski definition) is 1. The lowest BCUT2D eigenvalue weighted by Crippen LogP contribution is -2.28. The number of aryl methyl sites for hydroxylation is 3. The third kappa shape index (κ3) is 3.55. The number of ether oxygens (including phenoxy) is 1. The van der Waals surface area contributed by atoms with Crippen molar-refractivity contribution in [1.82, 2.24) is 4.90 Å². The zero-order chi connectivity index (χ0) is 22.3. The minimum absolute atomic E-state index is 0.0924. The summed E-state index contributed by atoms with van der Waals surface area (Å²) in [5.41, 5.74) is 3.13. The average molecular weight is 438 g/mol. The summed E-state index contributed by atoms with van der Waals surface area (Å²) < 4.78 is 10.8. The van der Waals surface area contributed by atoms with Crippen LogP contribution in [0.5, 0.6) is 5.75 Å². The molecule has 3 aromatic rings. The van der Waals surface area contributed by atoms with Gasteiger partial charge in [0.15, 0.2) is 0 Å². The molecule has 3 heterocycles. The number of benzene rings is 1. The van der Waals surface area contributed by atoms with Gasteiger partial charge < -0.3 is 19.2 Å². The molecule has 0 aliphatic carbocycles. The van der Waals surface area contributed by atoms with Crippen molar-refractivity contribution in [1.29, 1.82) is 0 Å². The van der Waals surface area contributed by atoms with E-state index in [0.717, 1.165) is 21.6 Å². The highest BCUT2D eigenvalue weighted by atomic mass is 32.1. The summed E-state index contributed by atoms with van der Waals surface area (Å²) in [6.07, 6.45) is 1.53. The maximum atomic E-state index is 13.1. The van der Waals surface area contributed by atoms with Crippen LogP contribution in [0.25, 0.3) is 5.76 Å². The number of aliphatic hydroxyl groups excluding tert-OH is 1. The molecule has 1 atom stereocenters. The molecule has 1 aliphatic heterocycles. The zero-order valence-electron chi connectivity index (χ0n) is 17.8. The van der Waals surface area contributed by atoms with Gasteiger partial charge in [-0.2, -0.15) is 0 Å². The molecule has 0 radical (unpaired) electrons. The normalized spacial score (nSPS) is 18.1. The van der Waals surface area contributed by atoms with E-state index in [2.05, 4.69) is 0 Å². The predicted octanol–water partition coefficient (Wildman–Crippen LogP) is 4.90. The van der Waals surface area contributed by atoms with Gasteiger partial charge in [0.1, 0.15) is 23.3 Å². The summed E-state index contributed by atoms with van der Waals surface area (Å²) in [5, 5.41) is 13.2. The number of furan rings is 1. The highest BCUT2D eigenvalue weighted by molar-refractivity contribution is 7.10. The van der Waals surface area contributed by atoms with Gasteiger partial charge in [-0.25, -0.2) is 0 Å². The van der Waals surface area contributed by atoms with Gasteiger partial charge in [-0.15, -0.1) is 11.3 Å². The minimum atomic E-state index is -0.699. The van der Waals surface area contributed by atoms with Crippen molar-refractivity contribution in [2.45, 2.75) is 33.4 Å². The fourth-order valence-corrected chi connectivity index (χ4v) is 5.01. The van der Waals surface area contributed by atoms with Crippen molar-refractivity contribution in [2.75, 3.05) is 7.11 Å². The summed E-state index contributed by atoms with van der Waals surface area (Å²) in [7, 11) is 1.58. The molecule has 0 spiro atoms. The summed E-state index contributed by atoms with van der Waals surface area (Å²) in [4.78, 5) is 28.5. The smallest absolute Gasteiger partial charge is 0.296 e. The Hall–Kier alpha value is -3.32. The van der Waals surface area contributed by atoms with Gasteiger partial charge in [-0.05, 0) is 73.2 Å². The lowest BCUT2D eigenvalue weighted by atomic mass is 9.95. The van der Waals surface area contributed by atoms with Gasteiger partial charge in [0.05, 0.1) is 25.5 Å². The van der Waals surface area contributed by atoms with Crippen LogP contribution >= 0.6 is 11.3 Å². The standard InChI is InChI=1S/C24H23NO5S/c1-13-7-9-31-23(13)20-19(21(26)17-10-15(3)18(29-4)11-14(17)2)22(27)24(28)25(20)12-16-6-5-8-30-16/h5-11,20,26H,12H2,1-4H3/b21-19+. The molecule has 160 valence electrons. The fourth-order valence-electron chi connectivity index (χ4n) is 3.96. The van der Waals surface area contributed by atoms with Crippen LogP contribution < -0.4 is 4.74 Å². The number of methoxy groups -OCH3 is 1. The number of Topliss-reactive ketones (excluding diaryl/α,β-unsaturated/α-hetero) is 1. The molecule has 1 N–H and O–H groups in total. The molecule has 1 aliphatic rings. The largest absolute Gasteiger partial charge is 0.507 e. The number of ketones is 1. The number of aliphatic hydroxyl groups is 1. The highest BCUT2D eigenvalue weighted by Gasteiger charge is 2.47. The zero-order valence-corrected chi connectivity index (χ0v) is 18.6. The first kappa shape index (κ1) is 20.9. The molecule has 1 aromatic carbocycles. The molecule has 1 unspecified atom stereocenters. The van der Waals surface area contributed by atoms with Crippen LogP contribution in [0.15, 0.2) is 52.0 Å². The van der Waals surface area contributed by atoms with Crippen LogP contribution in [0.3, 0.4) is 0 Å². The SMILES string of the molecule is COc1cc(C)c(/C(O)=C2\C(=O)C(=O)N(Cc3ccco3)C2c2sccc2C)cc1C. The van der Waals surface area contributed by atoms with E-state index in [4.69, 9.17) is 9.15 Å². The molecule has 2 aromatic heterocycles. The predicted molar refractivity (Wildman–Crippen MR) is 118 cm³/mol. The Balaban J connectivity index is 1.90. The number of carbonyl (C=O) groups excluding carboxylic acids is 2. The monoisotopic (exact) mass is 437 g/mol. The first-order valence-corrected chi connectivity index (χ1v) is 10.7. The Morgan fingerprint density at radius 2 is 1.94 bits per heavy atom. The Bertz CT molecular complexity index is 1190. The van der Waals surface area contributed by atoms with E-state index in [9.17, 15) is 14.7 Å². The number of thiophene rings is 1. The van der Waals surface area contributed by atoms with Gasteiger partial charge in [0.2, 0.25) is 0 Å². The van der Waals surface area contributed by atoms with Crippen molar-refractivity contribution in [3.63, 3.8) is 0 Å². The number of rotatable bonds is 5. The lowest BCUT2D eigenvalue weighted by molar-refractivity contribution is -0.140. The second-order valence-electron chi connectivity index (χ2n) is 7.61. The number of hydrogen-bond acceptors (Lipinski definition) is 6. The van der Waals surface area contributed by atoms with Crippen molar-refractivity contribution in [2.24, 2.45) is 0 Å². The van der Waals surface area contributed by atoms with Crippen LogP contribution in [0.2, 0.25) is 0 Å². The van der Waals surface area contributed by atoms with E-state index in [1.807, 2.05) is 38.3 Å². The molecule has 6 nitrogen and oxygen atoms in total. The first-order chi connectivity index (χ1) is 14.8. The van der Waals surface area contributed by atoms with Gasteiger partial charge in [0.25, 0.3) is 11.7 Å². The number of nitrogens with zero attached hydrogens (tertiary/aromatic N) is 1. The van der Waals surface area contributed by atoms with Crippen molar-refractivity contribution in [3.05, 3.63) is 80.4 Å². The number of likely N-dealkylation sites (tertiary alicyclic amines) is 1. The molecule has 1 amide bonds. The van der Waals surface area contributed by atoms with Crippen molar-refractivity contribution < 1.29 is 23.8 Å². The van der Waals surface area contributed by atoms with Gasteiger partial charge in [0, 0.05) is 10.4 Å². The summed E-state index contributed by atoms with van der Waals surface area (Å²) in [6.45, 7) is 5.77. The maximum absolute atomic E-state index is 13.1. The van der Waals surface area contributed by atoms with Gasteiger partial charge >= 0.3 is 0 Å². The molecule has 7 heteroatoms. The van der Waals surface area contributed by atoms with E-state index in [1.54, 1.807) is 25.3 Å². The molecule has 31 heavy (non-hydrogen) atoms. The van der Waals surface area contributed by atoms with E-state index in [-0.39, 0.29) is 17.9 Å². The molecule has 0 bridgehead atoms. The van der Waals surface area contributed by atoms with E-state index < -0.39 is 17.7 Å². The quantitative estimate of drug-likeness (QED) is 0.349. The molecule has 1 fully saturated rings. The summed E-state index contributed by atoms with van der Waals surface area (Å²) >= 11 is 1.46. The Kier molecular flexibility index (Phi) is 5.45. The van der Waals surface area contributed by atoms with Gasteiger partial charge in [-0.3, -0.25) is 9.59 Å². The highest BCUT2D eigenvalue weighted by Crippen LogP contribution is 2.44. The maximum Gasteiger partial charge on any atom is 0.296 e. The lowest BCUT2D eigenvalue weighted by Gasteiger charge is -2.24. The molecular formula is C24H23NO5S. The first-order valence-electron chi connectivity index (χ1n) is 9.83. The van der Waals surface area contributed by atoms with Crippen LogP contribution in [-0.4, -0.2) is 28.8 Å².